The summed E-state index contributed by atoms with van der Waals surface area (Å²) in [4.78, 5) is 4.92. The van der Waals surface area contributed by atoms with Gasteiger partial charge in [-0.2, -0.15) is 0 Å². The summed E-state index contributed by atoms with van der Waals surface area (Å²) in [5.41, 5.74) is 16.2. The molecule has 2 heteroatoms. The molecule has 0 atom stereocenters. The van der Waals surface area contributed by atoms with Crippen LogP contribution in [0.1, 0.15) is 33.4 Å². The number of aryl methyl sites for hydroxylation is 2. The lowest BCUT2D eigenvalue weighted by Crippen LogP contribution is -2.12. The zero-order chi connectivity index (χ0) is 48.4. The summed E-state index contributed by atoms with van der Waals surface area (Å²) >= 11 is 0. The molecule has 0 radical (unpaired) electrons. The summed E-state index contributed by atoms with van der Waals surface area (Å²) in [7, 11) is 0. The molecule has 72 heavy (non-hydrogen) atoms. The lowest BCUT2D eigenvalue weighted by molar-refractivity contribution is 1.30. The number of hydrogen-bond donors (Lipinski definition) is 0. The predicted octanol–water partition coefficient (Wildman–Crippen LogP) is 19.9. The first-order valence-electron chi connectivity index (χ1n) is 24.8. The molecule has 0 aliphatic rings. The Balaban J connectivity index is 1.08. The maximum Gasteiger partial charge on any atom is 0.0618 e. The van der Waals surface area contributed by atoms with Crippen LogP contribution in [0.2, 0.25) is 0 Å². The van der Waals surface area contributed by atoms with E-state index in [1.807, 2.05) is 0 Å². The normalized spacial score (nSPS) is 11.6. The van der Waals surface area contributed by atoms with Crippen LogP contribution in [0.4, 0.5) is 34.1 Å². The van der Waals surface area contributed by atoms with Gasteiger partial charge in [0.2, 0.25) is 0 Å². The zero-order valence-electron chi connectivity index (χ0n) is 40.5. The molecular weight excluding hydrogens is 869 g/mol. The molecule has 0 heterocycles. The number of fused-ring (bicyclic) bond motifs is 4. The van der Waals surface area contributed by atoms with Crippen molar-refractivity contribution in [2.75, 3.05) is 9.80 Å². The molecule has 0 amide bonds. The van der Waals surface area contributed by atoms with E-state index >= 15 is 0 Å². The van der Waals surface area contributed by atoms with Gasteiger partial charge in [0, 0.05) is 44.3 Å². The highest BCUT2D eigenvalue weighted by molar-refractivity contribution is 6.30. The van der Waals surface area contributed by atoms with Crippen LogP contribution in [-0.4, -0.2) is 0 Å². The van der Waals surface area contributed by atoms with Crippen LogP contribution in [0.25, 0.3) is 78.5 Å². The van der Waals surface area contributed by atoms with Crippen LogP contribution < -0.4 is 9.80 Å². The number of rotatable bonds is 11. The topological polar surface area (TPSA) is 6.48 Å². The number of hydrogen-bond acceptors (Lipinski definition) is 2. The molecule has 0 aliphatic heterocycles. The minimum Gasteiger partial charge on any atom is -0.309 e. The van der Waals surface area contributed by atoms with Crippen molar-refractivity contribution in [3.8, 4) is 11.1 Å². The fourth-order valence-electron chi connectivity index (χ4n) is 10.4. The minimum absolute atomic E-state index is 1.09. The van der Waals surface area contributed by atoms with E-state index in [-0.39, 0.29) is 0 Å². The molecule has 0 saturated heterocycles. The van der Waals surface area contributed by atoms with E-state index in [2.05, 4.69) is 303 Å². The van der Waals surface area contributed by atoms with E-state index in [9.17, 15) is 0 Å². The van der Waals surface area contributed by atoms with E-state index in [0.29, 0.717) is 0 Å². The fraction of sp³-hybridized carbons (Fsp3) is 0.0286. The van der Waals surface area contributed by atoms with Gasteiger partial charge in [-0.1, -0.05) is 242 Å². The standard InChI is InChI=1S/C70H52N2/c1-49-29-41-55(42-30-49)71(57-45-37-53(38-46-57)35-33-51-17-5-3-6-18-51)69-63-25-13-9-21-59(63)67(60-22-10-14-26-64(60)69)68-61-23-11-15-27-65(61)70(66-28-16-12-24-62(66)68)72(56-43-31-50(2)32-44-56)58-47-39-54(40-48-58)36-34-52-19-7-4-8-20-52/h3-48H,1-2H3. The van der Waals surface area contributed by atoms with Gasteiger partial charge in [-0.3, -0.25) is 0 Å². The second kappa shape index (κ2) is 19.3. The molecule has 0 fully saturated rings. The third-order valence-corrected chi connectivity index (χ3v) is 13.9. The Morgan fingerprint density at radius 1 is 0.222 bits per heavy atom. The summed E-state index contributed by atoms with van der Waals surface area (Å²) in [6.07, 6.45) is 8.73. The quantitative estimate of drug-likeness (QED) is 0.0942. The molecule has 0 bridgehead atoms. The van der Waals surface area contributed by atoms with Crippen molar-refractivity contribution in [3.63, 3.8) is 0 Å². The Bertz CT molecular complexity index is 3570. The number of nitrogens with zero attached hydrogens (tertiary/aromatic N) is 2. The van der Waals surface area contributed by atoms with Crippen LogP contribution in [0.15, 0.2) is 255 Å². The van der Waals surface area contributed by atoms with Gasteiger partial charge in [0.15, 0.2) is 0 Å². The van der Waals surface area contributed by atoms with Crippen molar-refractivity contribution >= 4 is 102 Å². The second-order valence-corrected chi connectivity index (χ2v) is 18.6. The van der Waals surface area contributed by atoms with Crippen LogP contribution in [-0.2, 0) is 0 Å². The van der Waals surface area contributed by atoms with Gasteiger partial charge in [-0.15, -0.1) is 0 Å². The molecule has 342 valence electrons. The lowest BCUT2D eigenvalue weighted by atomic mass is 9.84. The van der Waals surface area contributed by atoms with E-state index in [1.165, 1.54) is 76.5 Å². The maximum absolute atomic E-state index is 2.46. The third kappa shape index (κ3) is 8.40. The molecule has 0 aliphatic carbocycles. The lowest BCUT2D eigenvalue weighted by Gasteiger charge is -2.31. The predicted molar refractivity (Wildman–Crippen MR) is 311 cm³/mol. The van der Waals surface area contributed by atoms with Gasteiger partial charge in [0.05, 0.1) is 11.4 Å². The van der Waals surface area contributed by atoms with Gasteiger partial charge < -0.3 is 9.80 Å². The van der Waals surface area contributed by atoms with E-state index < -0.39 is 0 Å². The molecule has 0 saturated carbocycles. The molecule has 12 rings (SSSR count). The average Bonchev–Trinajstić information content (AvgIpc) is 3.44. The molecule has 12 aromatic carbocycles. The summed E-state index contributed by atoms with van der Waals surface area (Å²) in [6.45, 7) is 4.31. The molecule has 2 nitrogen and oxygen atoms in total. The van der Waals surface area contributed by atoms with Crippen molar-refractivity contribution in [1.29, 1.82) is 0 Å². The Morgan fingerprint density at radius 2 is 0.444 bits per heavy atom. The molecular formula is C70H52N2. The van der Waals surface area contributed by atoms with Crippen LogP contribution >= 0.6 is 0 Å². The minimum atomic E-state index is 1.09. The molecule has 12 aromatic rings. The Kier molecular flexibility index (Phi) is 11.8. The molecule has 0 aromatic heterocycles. The molecule has 0 spiro atoms. The Morgan fingerprint density at radius 3 is 0.722 bits per heavy atom. The van der Waals surface area contributed by atoms with Gasteiger partial charge >= 0.3 is 0 Å². The zero-order valence-corrected chi connectivity index (χ0v) is 40.5. The molecule has 0 N–H and O–H groups in total. The first-order chi connectivity index (χ1) is 35.6. The third-order valence-electron chi connectivity index (χ3n) is 13.9. The van der Waals surface area contributed by atoms with Crippen molar-refractivity contribution in [3.05, 3.63) is 288 Å². The number of benzene rings is 12. The van der Waals surface area contributed by atoms with Gasteiger partial charge in [-0.25, -0.2) is 0 Å². The summed E-state index contributed by atoms with van der Waals surface area (Å²) in [5.74, 6) is 0. The first-order valence-corrected chi connectivity index (χ1v) is 24.8. The Hall–Kier alpha value is -9.24. The van der Waals surface area contributed by atoms with Gasteiger partial charge in [0.25, 0.3) is 0 Å². The summed E-state index contributed by atoms with van der Waals surface area (Å²) in [5, 5.41) is 9.51. The highest BCUT2D eigenvalue weighted by Crippen LogP contribution is 2.53. The Labute approximate surface area is 422 Å². The second-order valence-electron chi connectivity index (χ2n) is 18.6. The van der Waals surface area contributed by atoms with E-state index in [1.54, 1.807) is 0 Å². The largest absolute Gasteiger partial charge is 0.309 e. The van der Waals surface area contributed by atoms with Crippen molar-refractivity contribution < 1.29 is 0 Å². The highest BCUT2D eigenvalue weighted by atomic mass is 15.2. The maximum atomic E-state index is 2.46. The van der Waals surface area contributed by atoms with Crippen LogP contribution in [0.5, 0.6) is 0 Å². The van der Waals surface area contributed by atoms with Gasteiger partial charge in [-0.05, 0) is 117 Å². The van der Waals surface area contributed by atoms with E-state index in [0.717, 1.165) is 45.3 Å². The van der Waals surface area contributed by atoms with Crippen LogP contribution in [0.3, 0.4) is 0 Å². The summed E-state index contributed by atoms with van der Waals surface area (Å²) < 4.78 is 0. The van der Waals surface area contributed by atoms with Crippen LogP contribution in [0, 0.1) is 13.8 Å². The SMILES string of the molecule is Cc1ccc(N(c2ccc(C=Cc3ccccc3)cc2)c2c3ccccc3c(-c3c4ccccc4c(N(c4ccc(C)cc4)c4ccc(C=Cc5ccccc5)cc4)c4ccccc34)c3ccccc23)cc1. The van der Waals surface area contributed by atoms with Crippen molar-refractivity contribution in [1.82, 2.24) is 0 Å². The van der Waals surface area contributed by atoms with Gasteiger partial charge in [0.1, 0.15) is 0 Å². The monoisotopic (exact) mass is 920 g/mol. The van der Waals surface area contributed by atoms with Crippen molar-refractivity contribution in [2.24, 2.45) is 0 Å². The fourth-order valence-corrected chi connectivity index (χ4v) is 10.4. The first kappa shape index (κ1) is 44.0. The highest BCUT2D eigenvalue weighted by Gasteiger charge is 2.27. The molecule has 0 unspecified atom stereocenters. The average molecular weight is 921 g/mol. The smallest absolute Gasteiger partial charge is 0.0618 e. The van der Waals surface area contributed by atoms with Crippen molar-refractivity contribution in [2.45, 2.75) is 13.8 Å². The number of anilines is 6. The van der Waals surface area contributed by atoms with E-state index in [4.69, 9.17) is 0 Å². The summed E-state index contributed by atoms with van der Waals surface area (Å²) in [6, 6.07) is 92.9.